The number of guanidine groups is 1. The van der Waals surface area contributed by atoms with Crippen LogP contribution in [0.3, 0.4) is 0 Å². The molecule has 2 aromatic carbocycles. The Hall–Kier alpha value is -2.89. The van der Waals surface area contributed by atoms with Crippen LogP contribution in [0.4, 0.5) is 10.1 Å². The fourth-order valence-electron chi connectivity index (χ4n) is 4.41. The van der Waals surface area contributed by atoms with Crippen molar-refractivity contribution >= 4 is 17.6 Å². The minimum Gasteiger partial charge on any atom is -0.385 e. The number of amides is 1. The highest BCUT2D eigenvalue weighted by Gasteiger charge is 2.53. The Morgan fingerprint density at radius 1 is 1.20 bits per heavy atom. The van der Waals surface area contributed by atoms with Crippen LogP contribution in [-0.2, 0) is 10.3 Å². The third-order valence-electron chi connectivity index (χ3n) is 6.95. The Bertz CT molecular complexity index is 1000. The number of carbonyl (C=O) groups excluding carboxylic acids is 1. The maximum absolute atomic E-state index is 14.9. The summed E-state index contributed by atoms with van der Waals surface area (Å²) in [7, 11) is 1.59. The Kier molecular flexibility index (Phi) is 4.83. The predicted octanol–water partition coefficient (Wildman–Crippen LogP) is 4.07. The summed E-state index contributed by atoms with van der Waals surface area (Å²) in [6.45, 7) is 6.17. The molecule has 2 aromatic rings. The molecule has 2 aliphatic rings. The standard InChI is InChI=1S/C24H29FN4O/c1-23(2)21(30)29(4)22(26)28-24(23,3)19-13-17(10-11-20(19)25)27-14-16-12-18(16)15-8-6-5-7-9-15/h5-11,13,16,18,27H,12,14H2,1-4H3,(H2,26,28)/t16-,18-,24+/m0/s1. The minimum absolute atomic E-state index is 0.100. The molecule has 158 valence electrons. The molecule has 4 rings (SSSR count). The maximum Gasteiger partial charge on any atom is 0.237 e. The molecule has 1 aliphatic heterocycles. The quantitative estimate of drug-likeness (QED) is 0.783. The van der Waals surface area contributed by atoms with E-state index in [0.29, 0.717) is 17.4 Å². The normalized spacial score (nSPS) is 27.6. The molecule has 1 amide bonds. The number of aliphatic imine (C=N–C) groups is 1. The van der Waals surface area contributed by atoms with E-state index in [0.717, 1.165) is 18.7 Å². The summed E-state index contributed by atoms with van der Waals surface area (Å²) in [6.07, 6.45) is 1.15. The second kappa shape index (κ2) is 7.11. The lowest BCUT2D eigenvalue weighted by atomic mass is 9.67. The molecule has 0 radical (unpaired) electrons. The SMILES string of the molecule is CN1C(=O)C(C)(C)[C@@](C)(c2cc(NC[C@@H]3C[C@H]3c3ccccc3)ccc2F)N=C1N. The van der Waals surface area contributed by atoms with Gasteiger partial charge < -0.3 is 11.1 Å². The average molecular weight is 409 g/mol. The summed E-state index contributed by atoms with van der Waals surface area (Å²) >= 11 is 0. The smallest absolute Gasteiger partial charge is 0.237 e. The molecule has 5 nitrogen and oxygen atoms in total. The second-order valence-corrected chi connectivity index (χ2v) is 9.12. The topological polar surface area (TPSA) is 70.7 Å². The number of halogens is 1. The van der Waals surface area contributed by atoms with Crippen molar-refractivity contribution in [2.45, 2.75) is 38.6 Å². The van der Waals surface area contributed by atoms with E-state index in [1.54, 1.807) is 40.0 Å². The van der Waals surface area contributed by atoms with Gasteiger partial charge in [0.05, 0.1) is 5.41 Å². The van der Waals surface area contributed by atoms with Gasteiger partial charge in [-0.2, -0.15) is 0 Å². The van der Waals surface area contributed by atoms with E-state index < -0.39 is 16.8 Å². The first-order valence-corrected chi connectivity index (χ1v) is 10.4. The lowest BCUT2D eigenvalue weighted by Crippen LogP contribution is -2.58. The predicted molar refractivity (Wildman–Crippen MR) is 118 cm³/mol. The molecular formula is C24H29FN4O. The van der Waals surface area contributed by atoms with E-state index in [2.05, 4.69) is 34.6 Å². The van der Waals surface area contributed by atoms with Crippen LogP contribution in [0.1, 0.15) is 44.2 Å². The summed E-state index contributed by atoms with van der Waals surface area (Å²) in [5.41, 5.74) is 6.50. The highest BCUT2D eigenvalue weighted by molar-refractivity contribution is 6.01. The molecule has 0 aromatic heterocycles. The van der Waals surface area contributed by atoms with Gasteiger partial charge in [-0.1, -0.05) is 30.3 Å². The third kappa shape index (κ3) is 3.24. The molecule has 0 bridgehead atoms. The largest absolute Gasteiger partial charge is 0.385 e. The van der Waals surface area contributed by atoms with Crippen molar-refractivity contribution < 1.29 is 9.18 Å². The molecule has 1 heterocycles. The van der Waals surface area contributed by atoms with Crippen LogP contribution in [0, 0.1) is 17.2 Å². The highest BCUT2D eigenvalue weighted by Crippen LogP contribution is 2.49. The Labute approximate surface area is 177 Å². The summed E-state index contributed by atoms with van der Waals surface area (Å²) in [4.78, 5) is 18.8. The van der Waals surface area contributed by atoms with Crippen molar-refractivity contribution in [1.29, 1.82) is 0 Å². The molecule has 3 atom stereocenters. The molecule has 1 fully saturated rings. The van der Waals surface area contributed by atoms with Crippen molar-refractivity contribution in [2.24, 2.45) is 22.1 Å². The third-order valence-corrected chi connectivity index (χ3v) is 6.95. The highest BCUT2D eigenvalue weighted by atomic mass is 19.1. The zero-order valence-corrected chi connectivity index (χ0v) is 17.9. The van der Waals surface area contributed by atoms with E-state index in [4.69, 9.17) is 5.73 Å². The Morgan fingerprint density at radius 2 is 1.90 bits per heavy atom. The van der Waals surface area contributed by atoms with E-state index >= 15 is 0 Å². The van der Waals surface area contributed by atoms with Gasteiger partial charge in [0.2, 0.25) is 5.91 Å². The number of hydrogen-bond donors (Lipinski definition) is 2. The van der Waals surface area contributed by atoms with Gasteiger partial charge in [0.25, 0.3) is 0 Å². The number of nitrogens with two attached hydrogens (primary N) is 1. The number of nitrogens with one attached hydrogen (secondary N) is 1. The molecule has 6 heteroatoms. The molecule has 0 saturated heterocycles. The first-order chi connectivity index (χ1) is 14.1. The van der Waals surface area contributed by atoms with Crippen LogP contribution >= 0.6 is 0 Å². The lowest BCUT2D eigenvalue weighted by molar-refractivity contribution is -0.140. The van der Waals surface area contributed by atoms with E-state index in [9.17, 15) is 9.18 Å². The van der Waals surface area contributed by atoms with Gasteiger partial charge in [0.15, 0.2) is 5.96 Å². The lowest BCUT2D eigenvalue weighted by Gasteiger charge is -2.46. The maximum atomic E-state index is 14.9. The molecule has 0 unspecified atom stereocenters. The number of anilines is 1. The van der Waals surface area contributed by atoms with Gasteiger partial charge in [-0.15, -0.1) is 0 Å². The van der Waals surface area contributed by atoms with Gasteiger partial charge in [-0.05, 0) is 62.8 Å². The monoisotopic (exact) mass is 408 g/mol. The fraction of sp³-hybridized carbons (Fsp3) is 0.417. The average Bonchev–Trinajstić information content (AvgIpc) is 3.51. The summed E-state index contributed by atoms with van der Waals surface area (Å²) < 4.78 is 14.9. The van der Waals surface area contributed by atoms with Crippen LogP contribution in [0.5, 0.6) is 0 Å². The van der Waals surface area contributed by atoms with Gasteiger partial charge in [-0.25, -0.2) is 9.38 Å². The van der Waals surface area contributed by atoms with Crippen molar-refractivity contribution in [2.75, 3.05) is 18.9 Å². The second-order valence-electron chi connectivity index (χ2n) is 9.12. The number of benzene rings is 2. The van der Waals surface area contributed by atoms with Crippen LogP contribution in [-0.4, -0.2) is 30.4 Å². The summed E-state index contributed by atoms with van der Waals surface area (Å²) in [5, 5.41) is 3.45. The zero-order valence-electron chi connectivity index (χ0n) is 17.9. The fourth-order valence-corrected chi connectivity index (χ4v) is 4.41. The van der Waals surface area contributed by atoms with E-state index in [1.807, 2.05) is 6.07 Å². The van der Waals surface area contributed by atoms with Crippen molar-refractivity contribution in [3.63, 3.8) is 0 Å². The van der Waals surface area contributed by atoms with Crippen LogP contribution in [0.15, 0.2) is 53.5 Å². The molecule has 1 saturated carbocycles. The molecule has 3 N–H and O–H groups in total. The Morgan fingerprint density at radius 3 is 2.60 bits per heavy atom. The van der Waals surface area contributed by atoms with Crippen molar-refractivity contribution in [3.05, 3.63) is 65.5 Å². The van der Waals surface area contributed by atoms with Crippen LogP contribution < -0.4 is 11.1 Å². The number of carbonyl (C=O) groups is 1. The van der Waals surface area contributed by atoms with Gasteiger partial charge in [0, 0.05) is 24.8 Å². The van der Waals surface area contributed by atoms with E-state index in [-0.39, 0.29) is 11.9 Å². The summed E-state index contributed by atoms with van der Waals surface area (Å²) in [5.74, 6) is 0.665. The minimum atomic E-state index is -1.10. The van der Waals surface area contributed by atoms with Gasteiger partial charge >= 0.3 is 0 Å². The van der Waals surface area contributed by atoms with E-state index in [1.165, 1.54) is 16.5 Å². The van der Waals surface area contributed by atoms with Crippen molar-refractivity contribution in [1.82, 2.24) is 4.90 Å². The molecule has 30 heavy (non-hydrogen) atoms. The zero-order chi connectivity index (χ0) is 21.7. The van der Waals surface area contributed by atoms with Gasteiger partial charge in [0.1, 0.15) is 11.4 Å². The van der Waals surface area contributed by atoms with Crippen LogP contribution in [0.2, 0.25) is 0 Å². The first kappa shape index (κ1) is 20.4. The number of hydrogen-bond acceptors (Lipinski definition) is 4. The molecule has 1 aliphatic carbocycles. The first-order valence-electron chi connectivity index (χ1n) is 10.4. The van der Waals surface area contributed by atoms with Crippen molar-refractivity contribution in [3.8, 4) is 0 Å². The molecule has 0 spiro atoms. The number of nitrogens with zero attached hydrogens (tertiary/aromatic N) is 2. The van der Waals surface area contributed by atoms with Crippen LogP contribution in [0.25, 0.3) is 0 Å². The number of rotatable bonds is 5. The molecular weight excluding hydrogens is 379 g/mol. The summed E-state index contributed by atoms with van der Waals surface area (Å²) in [6, 6.07) is 15.5. The van der Waals surface area contributed by atoms with Gasteiger partial charge in [-0.3, -0.25) is 9.69 Å². The Balaban J connectivity index is 1.56.